The van der Waals surface area contributed by atoms with Crippen LogP contribution in [0.2, 0.25) is 0 Å². The van der Waals surface area contributed by atoms with Gasteiger partial charge >= 0.3 is 0 Å². The average molecular weight is 256 g/mol. The van der Waals surface area contributed by atoms with Crippen LogP contribution in [0.4, 0.5) is 0 Å². The summed E-state index contributed by atoms with van der Waals surface area (Å²) in [6, 6.07) is 13.2. The lowest BCUT2D eigenvalue weighted by Gasteiger charge is -2.08. The molecule has 0 atom stereocenters. The Balaban J connectivity index is 2.15. The molecule has 0 unspecified atom stereocenters. The van der Waals surface area contributed by atoms with E-state index in [-0.39, 0.29) is 18.4 Å². The van der Waals surface area contributed by atoms with E-state index in [4.69, 9.17) is 0 Å². The Bertz CT molecular complexity index is 603. The summed E-state index contributed by atoms with van der Waals surface area (Å²) in [6.45, 7) is 2.39. The number of rotatable bonds is 4. The third-order valence-corrected chi connectivity index (χ3v) is 2.82. The van der Waals surface area contributed by atoms with Gasteiger partial charge in [0, 0.05) is 12.1 Å². The minimum Gasteiger partial charge on any atom is -0.355 e. The second-order valence-electron chi connectivity index (χ2n) is 4.16. The van der Waals surface area contributed by atoms with Gasteiger partial charge in [-0.15, -0.1) is 0 Å². The number of carbonyl (C=O) groups excluding carboxylic acids is 2. The van der Waals surface area contributed by atoms with Gasteiger partial charge in [0.05, 0.1) is 6.54 Å². The average Bonchev–Trinajstić information content (AvgIpc) is 2.44. The molecule has 0 aromatic heterocycles. The molecule has 0 fully saturated rings. The van der Waals surface area contributed by atoms with Crippen molar-refractivity contribution in [3.8, 4) is 0 Å². The first kappa shape index (κ1) is 13.1. The molecule has 0 bridgehead atoms. The Morgan fingerprint density at radius 1 is 1.00 bits per heavy atom. The van der Waals surface area contributed by atoms with Crippen molar-refractivity contribution in [2.45, 2.75) is 6.92 Å². The van der Waals surface area contributed by atoms with Crippen molar-refractivity contribution in [1.82, 2.24) is 10.6 Å². The Labute approximate surface area is 111 Å². The van der Waals surface area contributed by atoms with E-state index in [1.807, 2.05) is 43.3 Å². The van der Waals surface area contributed by atoms with Crippen LogP contribution >= 0.6 is 0 Å². The van der Waals surface area contributed by atoms with Gasteiger partial charge in [-0.05, 0) is 23.8 Å². The van der Waals surface area contributed by atoms with Crippen LogP contribution in [-0.4, -0.2) is 24.9 Å². The van der Waals surface area contributed by atoms with Crippen LogP contribution in [0.5, 0.6) is 0 Å². The molecule has 0 aliphatic heterocycles. The molecule has 0 saturated heterocycles. The number of carbonyl (C=O) groups is 2. The molecule has 4 heteroatoms. The van der Waals surface area contributed by atoms with Gasteiger partial charge in [0.2, 0.25) is 5.91 Å². The molecule has 0 aliphatic rings. The first-order valence-electron chi connectivity index (χ1n) is 6.25. The fourth-order valence-corrected chi connectivity index (χ4v) is 1.94. The maximum Gasteiger partial charge on any atom is 0.252 e. The summed E-state index contributed by atoms with van der Waals surface area (Å²) in [4.78, 5) is 23.4. The number of likely N-dealkylation sites (N-methyl/N-ethyl adjacent to an activating group) is 1. The van der Waals surface area contributed by atoms with E-state index in [9.17, 15) is 9.59 Å². The second kappa shape index (κ2) is 6.00. The molecular weight excluding hydrogens is 240 g/mol. The first-order valence-corrected chi connectivity index (χ1v) is 6.25. The molecule has 0 spiro atoms. The Hall–Kier alpha value is -2.36. The molecule has 2 aromatic carbocycles. The smallest absolute Gasteiger partial charge is 0.252 e. The molecule has 0 heterocycles. The third kappa shape index (κ3) is 3.10. The van der Waals surface area contributed by atoms with Gasteiger partial charge in [0.15, 0.2) is 0 Å². The van der Waals surface area contributed by atoms with Crippen LogP contribution in [0.25, 0.3) is 10.8 Å². The molecule has 2 N–H and O–H groups in total. The highest BCUT2D eigenvalue weighted by atomic mass is 16.2. The van der Waals surface area contributed by atoms with E-state index < -0.39 is 0 Å². The van der Waals surface area contributed by atoms with Crippen molar-refractivity contribution in [2.75, 3.05) is 13.1 Å². The topological polar surface area (TPSA) is 58.2 Å². The van der Waals surface area contributed by atoms with Crippen molar-refractivity contribution >= 4 is 22.6 Å². The first-order chi connectivity index (χ1) is 9.22. The Morgan fingerprint density at radius 3 is 2.53 bits per heavy atom. The SMILES string of the molecule is CCNC(=O)CNC(=O)c1cccc2ccccc12. The standard InChI is InChI=1S/C15H16N2O2/c1-2-16-14(18)10-17-15(19)13-9-5-7-11-6-3-4-8-12(11)13/h3-9H,2,10H2,1H3,(H,16,18)(H,17,19). The van der Waals surface area contributed by atoms with Crippen LogP contribution in [0.1, 0.15) is 17.3 Å². The second-order valence-corrected chi connectivity index (χ2v) is 4.16. The highest BCUT2D eigenvalue weighted by Gasteiger charge is 2.10. The maximum absolute atomic E-state index is 12.1. The molecule has 2 rings (SSSR count). The normalized spacial score (nSPS) is 10.2. The third-order valence-electron chi connectivity index (χ3n) is 2.82. The van der Waals surface area contributed by atoms with Crippen molar-refractivity contribution < 1.29 is 9.59 Å². The Morgan fingerprint density at radius 2 is 1.74 bits per heavy atom. The van der Waals surface area contributed by atoms with Crippen molar-refractivity contribution in [3.05, 3.63) is 48.0 Å². The number of nitrogens with one attached hydrogen (secondary N) is 2. The van der Waals surface area contributed by atoms with E-state index in [0.29, 0.717) is 12.1 Å². The molecule has 19 heavy (non-hydrogen) atoms. The summed E-state index contributed by atoms with van der Waals surface area (Å²) in [5, 5.41) is 7.16. The molecular formula is C15H16N2O2. The largest absolute Gasteiger partial charge is 0.355 e. The monoisotopic (exact) mass is 256 g/mol. The summed E-state index contributed by atoms with van der Waals surface area (Å²) in [7, 11) is 0. The Kier molecular flexibility index (Phi) is 4.13. The summed E-state index contributed by atoms with van der Waals surface area (Å²) < 4.78 is 0. The molecule has 4 nitrogen and oxygen atoms in total. The van der Waals surface area contributed by atoms with Gasteiger partial charge < -0.3 is 10.6 Å². The molecule has 0 radical (unpaired) electrons. The van der Waals surface area contributed by atoms with Crippen molar-refractivity contribution in [1.29, 1.82) is 0 Å². The van der Waals surface area contributed by atoms with Crippen LogP contribution in [-0.2, 0) is 4.79 Å². The van der Waals surface area contributed by atoms with Crippen molar-refractivity contribution in [3.63, 3.8) is 0 Å². The van der Waals surface area contributed by atoms with Crippen LogP contribution in [0.15, 0.2) is 42.5 Å². The van der Waals surface area contributed by atoms with Gasteiger partial charge in [-0.3, -0.25) is 9.59 Å². The van der Waals surface area contributed by atoms with Crippen LogP contribution < -0.4 is 10.6 Å². The van der Waals surface area contributed by atoms with Gasteiger partial charge in [0.25, 0.3) is 5.91 Å². The van der Waals surface area contributed by atoms with Gasteiger partial charge in [-0.2, -0.15) is 0 Å². The number of hydrogen-bond acceptors (Lipinski definition) is 2. The fraction of sp³-hybridized carbons (Fsp3) is 0.200. The summed E-state index contributed by atoms with van der Waals surface area (Å²) in [5.74, 6) is -0.417. The lowest BCUT2D eigenvalue weighted by atomic mass is 10.0. The highest BCUT2D eigenvalue weighted by molar-refractivity contribution is 6.07. The fourth-order valence-electron chi connectivity index (χ4n) is 1.94. The quantitative estimate of drug-likeness (QED) is 0.874. The van der Waals surface area contributed by atoms with E-state index in [1.54, 1.807) is 6.07 Å². The number of benzene rings is 2. The number of amides is 2. The van der Waals surface area contributed by atoms with E-state index >= 15 is 0 Å². The molecule has 98 valence electrons. The summed E-state index contributed by atoms with van der Waals surface area (Å²) >= 11 is 0. The van der Waals surface area contributed by atoms with Crippen LogP contribution in [0, 0.1) is 0 Å². The van der Waals surface area contributed by atoms with Crippen LogP contribution in [0.3, 0.4) is 0 Å². The lowest BCUT2D eigenvalue weighted by Crippen LogP contribution is -2.36. The van der Waals surface area contributed by atoms with Gasteiger partial charge in [-0.1, -0.05) is 36.4 Å². The number of fused-ring (bicyclic) bond motifs is 1. The van der Waals surface area contributed by atoms with E-state index in [0.717, 1.165) is 10.8 Å². The minimum absolute atomic E-state index is 0.00407. The molecule has 0 saturated carbocycles. The predicted octanol–water partition coefficient (Wildman–Crippen LogP) is 1.71. The molecule has 0 aliphatic carbocycles. The molecule has 2 aromatic rings. The van der Waals surface area contributed by atoms with Gasteiger partial charge in [-0.25, -0.2) is 0 Å². The van der Waals surface area contributed by atoms with E-state index in [2.05, 4.69) is 10.6 Å². The van der Waals surface area contributed by atoms with E-state index in [1.165, 1.54) is 0 Å². The zero-order chi connectivity index (χ0) is 13.7. The zero-order valence-electron chi connectivity index (χ0n) is 10.8. The maximum atomic E-state index is 12.1. The summed E-state index contributed by atoms with van der Waals surface area (Å²) in [5.41, 5.74) is 0.586. The lowest BCUT2D eigenvalue weighted by molar-refractivity contribution is -0.120. The zero-order valence-corrected chi connectivity index (χ0v) is 10.8. The number of hydrogen-bond donors (Lipinski definition) is 2. The van der Waals surface area contributed by atoms with Gasteiger partial charge in [0.1, 0.15) is 0 Å². The predicted molar refractivity (Wildman–Crippen MR) is 75.0 cm³/mol. The highest BCUT2D eigenvalue weighted by Crippen LogP contribution is 2.18. The summed E-state index contributed by atoms with van der Waals surface area (Å²) in [6.07, 6.45) is 0. The molecule has 2 amide bonds. The van der Waals surface area contributed by atoms with Crippen molar-refractivity contribution in [2.24, 2.45) is 0 Å². The minimum atomic E-state index is -0.233.